The first-order valence-corrected chi connectivity index (χ1v) is 34.2. The van der Waals surface area contributed by atoms with Crippen LogP contribution in [-0.4, -0.2) is 101 Å². The smallest absolute Gasteiger partial charge is 0.298 e. The Labute approximate surface area is 532 Å². The Morgan fingerprint density at radius 1 is 0.363 bits per heavy atom. The van der Waals surface area contributed by atoms with Gasteiger partial charge in [-0.25, -0.2) is 29.4 Å². The molecule has 0 aliphatic rings. The van der Waals surface area contributed by atoms with Gasteiger partial charge in [0.25, 0.3) is 40.5 Å². The van der Waals surface area contributed by atoms with Crippen molar-refractivity contribution in [3.63, 3.8) is 0 Å². The van der Waals surface area contributed by atoms with Gasteiger partial charge in [0.2, 0.25) is 9.84 Å². The molecule has 0 fully saturated rings. The Morgan fingerprint density at radius 2 is 0.747 bits per heavy atom. The summed E-state index contributed by atoms with van der Waals surface area (Å²) in [5.74, 6) is -2.19. The second kappa shape index (κ2) is 30.4. The zero-order valence-electron chi connectivity index (χ0n) is 45.8. The number of methoxy groups -OCH3 is 2. The molecule has 0 aliphatic carbocycles. The number of ketones is 1. The minimum atomic E-state index is -5.10. The van der Waals surface area contributed by atoms with Crippen LogP contribution in [0.15, 0.2) is 182 Å². The highest BCUT2D eigenvalue weighted by Crippen LogP contribution is 2.44. The quantitative estimate of drug-likeness (QED) is 0.00779. The Kier molecular flexibility index (Phi) is 24.0. The Bertz CT molecular complexity index is 4650. The number of sulfone groups is 1. The number of carbonyl (C=O) groups excluding carboxylic acids is 1. The SMILES string of the molecule is COc1cc2cc(Oc3ccc(C(=O)c4ccc(C)c(SOOO)c4)cc3S(=O)(=O)O)c(SOOO)cc2cc1S(=O)(=O)O.COc1ccc(-c2ccc(Oc3ccc(S(=O)(=O)c4ccc(C)c(SOOO)c4)cc3S(=O)(=O)O)c(SOOO)c2)cc1S(=O)(=O)O. The van der Waals surface area contributed by atoms with E-state index in [2.05, 4.69) is 37.5 Å². The molecular formula is C51H42O31S9. The van der Waals surface area contributed by atoms with Crippen molar-refractivity contribution in [3.05, 3.63) is 156 Å². The van der Waals surface area contributed by atoms with Gasteiger partial charge >= 0.3 is 0 Å². The molecule has 8 aromatic carbocycles. The number of aryl methyl sites for hydroxylation is 2. The van der Waals surface area contributed by atoms with Crippen LogP contribution < -0.4 is 18.9 Å². The third-order valence-corrected chi connectivity index (χ3v) is 20.1. The Balaban J connectivity index is 0.000000259. The van der Waals surface area contributed by atoms with Crippen molar-refractivity contribution in [2.24, 2.45) is 0 Å². The largest absolute Gasteiger partial charge is 0.495 e. The lowest BCUT2D eigenvalue weighted by Gasteiger charge is -2.15. The van der Waals surface area contributed by atoms with Crippen molar-refractivity contribution in [1.29, 1.82) is 0 Å². The van der Waals surface area contributed by atoms with Crippen LogP contribution in [-0.2, 0) is 87.8 Å². The van der Waals surface area contributed by atoms with Crippen molar-refractivity contribution in [3.8, 4) is 45.6 Å². The van der Waals surface area contributed by atoms with Gasteiger partial charge in [0.15, 0.2) is 5.78 Å². The van der Waals surface area contributed by atoms with Gasteiger partial charge in [-0.05, 0) is 150 Å². The molecule has 0 atom stereocenters. The van der Waals surface area contributed by atoms with Crippen LogP contribution in [0.1, 0.15) is 27.0 Å². The van der Waals surface area contributed by atoms with Gasteiger partial charge in [-0.1, -0.05) is 50.5 Å². The van der Waals surface area contributed by atoms with E-state index in [9.17, 15) is 65.1 Å². The van der Waals surface area contributed by atoms with Crippen LogP contribution in [0.3, 0.4) is 0 Å². The Hall–Kier alpha value is -6.60. The summed E-state index contributed by atoms with van der Waals surface area (Å²) in [5, 5.41) is 49.2. The molecular weight excluding hydrogens is 1400 g/mol. The van der Waals surface area contributed by atoms with E-state index in [4.69, 9.17) is 40.0 Å². The van der Waals surface area contributed by atoms with E-state index in [1.54, 1.807) is 19.9 Å². The van der Waals surface area contributed by atoms with Crippen molar-refractivity contribution in [2.75, 3.05) is 14.2 Å². The number of rotatable bonds is 27. The van der Waals surface area contributed by atoms with E-state index >= 15 is 0 Å². The third kappa shape index (κ3) is 18.0. The molecule has 0 aromatic heterocycles. The Morgan fingerprint density at radius 3 is 1.30 bits per heavy atom. The second-order valence-electron chi connectivity index (χ2n) is 17.7. The van der Waals surface area contributed by atoms with Crippen LogP contribution in [0, 0.1) is 13.8 Å². The monoisotopic (exact) mass is 1440 g/mol. The summed E-state index contributed by atoms with van der Waals surface area (Å²) in [6.07, 6.45) is 0. The second-order valence-corrected chi connectivity index (χ2v) is 28.2. The number of benzene rings is 8. The fourth-order valence-corrected chi connectivity index (χ4v) is 13.9. The van der Waals surface area contributed by atoms with Crippen LogP contribution >= 0.6 is 48.2 Å². The van der Waals surface area contributed by atoms with Gasteiger partial charge in [-0.2, -0.15) is 33.7 Å². The first-order valence-electron chi connectivity index (χ1n) is 24.0. The fraction of sp³-hybridized carbons (Fsp3) is 0.0784. The predicted octanol–water partition coefficient (Wildman–Crippen LogP) is 11.2. The zero-order chi connectivity index (χ0) is 66.8. The summed E-state index contributed by atoms with van der Waals surface area (Å²) < 4.78 is 202. The zero-order valence-corrected chi connectivity index (χ0v) is 53.2. The van der Waals surface area contributed by atoms with Crippen molar-refractivity contribution in [1.82, 2.24) is 0 Å². The summed E-state index contributed by atoms with van der Waals surface area (Å²) in [7, 11) is -21.5. The van der Waals surface area contributed by atoms with Crippen molar-refractivity contribution >= 4 is 115 Å². The molecule has 8 N–H and O–H groups in total. The summed E-state index contributed by atoms with van der Waals surface area (Å²) in [4.78, 5) is 10.3. The molecule has 31 nitrogen and oxygen atoms in total. The molecule has 0 saturated heterocycles. The third-order valence-electron chi connectivity index (χ3n) is 12.1. The number of ether oxygens (including phenoxy) is 4. The molecule has 8 aromatic rings. The van der Waals surface area contributed by atoms with Crippen LogP contribution in [0.2, 0.25) is 0 Å². The van der Waals surface area contributed by atoms with Gasteiger partial charge in [0, 0.05) is 20.9 Å². The standard InChI is InChI=1S/C26H22O16S5.C25H20O15S4/c1-15-3-6-18(13-23(15)43-41-39-27)45(29,30)19-7-10-22(26(14-19)47(34,35)36)38-20-8-4-16(11-24(20)44-42-40-28)17-5-9-21(37-2)25(12-17)46(31,32)33;1-13-3-4-14(9-21(13)41-39-37-27)25(26)15-5-6-18(23(11-15)43(29,30)31)36-19-7-16-8-20(35-2)24(44(32,33)34)12-17(16)10-22(19)42-40-38-28/h3-14,27-28H,1-2H3,(H,31,32,33)(H,34,35,36);3-12,27-28H,1-2H3,(H,29,30,31)(H,32,33,34). The number of hydrogen-bond acceptors (Lipinski definition) is 31. The maximum atomic E-state index is 13.4. The molecule has 40 heteroatoms. The van der Waals surface area contributed by atoms with Crippen molar-refractivity contribution < 1.29 is 143 Å². The molecule has 8 rings (SSSR count). The molecule has 0 unspecified atom stereocenters. The maximum absolute atomic E-state index is 13.4. The summed E-state index contributed by atoms with van der Waals surface area (Å²) in [5.41, 5.74) is 1.79. The highest BCUT2D eigenvalue weighted by molar-refractivity contribution is 7.95. The highest BCUT2D eigenvalue weighted by atomic mass is 32.2. The molecule has 486 valence electrons. The lowest BCUT2D eigenvalue weighted by Crippen LogP contribution is -2.07. The summed E-state index contributed by atoms with van der Waals surface area (Å²) in [6.45, 7) is 3.34. The molecule has 0 bridgehead atoms. The van der Waals surface area contributed by atoms with Crippen molar-refractivity contribution in [2.45, 2.75) is 62.8 Å². The summed E-state index contributed by atoms with van der Waals surface area (Å²) >= 11 is 1.92. The molecule has 0 heterocycles. The van der Waals surface area contributed by atoms with E-state index in [1.165, 1.54) is 99.1 Å². The minimum absolute atomic E-state index is 0.0116. The van der Waals surface area contributed by atoms with Crippen LogP contribution in [0.4, 0.5) is 0 Å². The number of fused-ring (bicyclic) bond motifs is 1. The maximum Gasteiger partial charge on any atom is 0.298 e. The van der Waals surface area contributed by atoms with Crippen LogP contribution in [0.5, 0.6) is 34.5 Å². The first kappa shape index (κ1) is 71.8. The average molecular weight is 1440 g/mol. The molecule has 0 saturated carbocycles. The van der Waals surface area contributed by atoms with Crippen LogP contribution in [0.25, 0.3) is 21.9 Å². The van der Waals surface area contributed by atoms with Gasteiger partial charge in [-0.15, -0.1) is 17.3 Å². The normalized spacial score (nSPS) is 12.1. The predicted molar refractivity (Wildman–Crippen MR) is 315 cm³/mol. The lowest BCUT2D eigenvalue weighted by atomic mass is 10.0. The van der Waals surface area contributed by atoms with Gasteiger partial charge in [0.1, 0.15) is 54.1 Å². The average Bonchev–Trinajstić information content (AvgIpc) is 0.826. The molecule has 0 amide bonds. The van der Waals surface area contributed by atoms with E-state index in [0.29, 0.717) is 81.2 Å². The van der Waals surface area contributed by atoms with Gasteiger partial charge < -0.3 is 18.9 Å². The topological polar surface area (TPSA) is 460 Å². The van der Waals surface area contributed by atoms with E-state index < -0.39 is 92.1 Å². The molecule has 91 heavy (non-hydrogen) atoms. The van der Waals surface area contributed by atoms with E-state index in [-0.39, 0.29) is 64.7 Å². The lowest BCUT2D eigenvalue weighted by molar-refractivity contribution is -0.432. The van der Waals surface area contributed by atoms with Gasteiger partial charge in [-0.3, -0.25) is 23.0 Å². The molecule has 0 aliphatic heterocycles. The highest BCUT2D eigenvalue weighted by Gasteiger charge is 2.28. The van der Waals surface area contributed by atoms with E-state index in [1.807, 2.05) is 0 Å². The summed E-state index contributed by atoms with van der Waals surface area (Å²) in [6, 6.07) is 27.3. The number of hydrogen-bond donors (Lipinski definition) is 8. The number of carbonyl (C=O) groups is 1. The van der Waals surface area contributed by atoms with Gasteiger partial charge in [0.05, 0.1) is 82.0 Å². The molecule has 0 radical (unpaired) electrons. The molecule has 0 spiro atoms. The first-order chi connectivity index (χ1) is 42.9. The van der Waals surface area contributed by atoms with E-state index in [0.717, 1.165) is 36.4 Å². The minimum Gasteiger partial charge on any atom is -0.495 e. The fourth-order valence-electron chi connectivity index (χ4n) is 7.96.